The summed E-state index contributed by atoms with van der Waals surface area (Å²) in [6, 6.07) is 17.4. The van der Waals surface area contributed by atoms with Crippen molar-refractivity contribution in [3.63, 3.8) is 0 Å². The summed E-state index contributed by atoms with van der Waals surface area (Å²) < 4.78 is 47.3. The van der Waals surface area contributed by atoms with Crippen LogP contribution in [0.4, 0.5) is 15.8 Å². The van der Waals surface area contributed by atoms with Crippen LogP contribution in [0.3, 0.4) is 0 Å². The van der Waals surface area contributed by atoms with Crippen molar-refractivity contribution in [2.45, 2.75) is 25.2 Å². The molecule has 0 aliphatic heterocycles. The first-order valence-electron chi connectivity index (χ1n) is 9.68. The van der Waals surface area contributed by atoms with Gasteiger partial charge >= 0.3 is 0 Å². The summed E-state index contributed by atoms with van der Waals surface area (Å²) in [6.45, 7) is 3.39. The van der Waals surface area contributed by atoms with Crippen LogP contribution in [0.2, 0.25) is 0 Å². The Kier molecular flexibility index (Phi) is 6.91. The van der Waals surface area contributed by atoms with Gasteiger partial charge in [0.15, 0.2) is 6.61 Å². The number of anilines is 2. The van der Waals surface area contributed by atoms with Crippen LogP contribution in [0.1, 0.15) is 18.1 Å². The molecule has 0 aliphatic carbocycles. The van der Waals surface area contributed by atoms with Gasteiger partial charge in [-0.3, -0.25) is 9.52 Å². The van der Waals surface area contributed by atoms with Crippen molar-refractivity contribution in [3.8, 4) is 5.75 Å². The van der Waals surface area contributed by atoms with Gasteiger partial charge in [0.2, 0.25) is 0 Å². The van der Waals surface area contributed by atoms with Gasteiger partial charge in [0.1, 0.15) is 11.6 Å². The zero-order chi connectivity index (χ0) is 22.4. The molecule has 0 aromatic heterocycles. The summed E-state index contributed by atoms with van der Waals surface area (Å²) in [4.78, 5) is 12.3. The number of nitrogens with one attached hydrogen (secondary N) is 2. The normalized spacial score (nSPS) is 11.1. The minimum Gasteiger partial charge on any atom is -0.483 e. The molecule has 8 heteroatoms. The number of carbonyl (C=O) groups is 1. The zero-order valence-electron chi connectivity index (χ0n) is 17.2. The molecule has 0 radical (unpaired) electrons. The van der Waals surface area contributed by atoms with E-state index in [0.29, 0.717) is 11.3 Å². The number of rotatable bonds is 8. The molecule has 1 amide bonds. The van der Waals surface area contributed by atoms with Crippen molar-refractivity contribution in [3.05, 3.63) is 83.7 Å². The number of carbonyl (C=O) groups excluding carboxylic acids is 1. The van der Waals surface area contributed by atoms with Crippen LogP contribution in [-0.4, -0.2) is 20.9 Å². The molecule has 0 saturated carbocycles. The van der Waals surface area contributed by atoms with Gasteiger partial charge < -0.3 is 10.1 Å². The van der Waals surface area contributed by atoms with Crippen molar-refractivity contribution in [1.29, 1.82) is 0 Å². The fourth-order valence-electron chi connectivity index (χ4n) is 2.99. The van der Waals surface area contributed by atoms with Gasteiger partial charge in [-0.2, -0.15) is 0 Å². The summed E-state index contributed by atoms with van der Waals surface area (Å²) in [5.41, 5.74) is 1.57. The quantitative estimate of drug-likeness (QED) is 0.537. The summed E-state index contributed by atoms with van der Waals surface area (Å²) >= 11 is 0. The number of halogens is 1. The Morgan fingerprint density at radius 2 is 1.74 bits per heavy atom. The molecule has 0 bridgehead atoms. The van der Waals surface area contributed by atoms with E-state index >= 15 is 0 Å². The molecule has 162 valence electrons. The molecule has 3 rings (SSSR count). The van der Waals surface area contributed by atoms with Gasteiger partial charge in [-0.15, -0.1) is 0 Å². The van der Waals surface area contributed by atoms with Crippen LogP contribution in [0.15, 0.2) is 71.6 Å². The van der Waals surface area contributed by atoms with Crippen molar-refractivity contribution < 1.29 is 22.3 Å². The molecule has 0 heterocycles. The fraction of sp³-hybridized carbons (Fsp3) is 0.174. The first kappa shape index (κ1) is 22.3. The maximum atomic E-state index is 13.9. The van der Waals surface area contributed by atoms with Crippen LogP contribution in [-0.2, 0) is 21.2 Å². The molecule has 2 N–H and O–H groups in total. The Morgan fingerprint density at radius 1 is 1.03 bits per heavy atom. The standard InChI is InChI=1S/C23H23FN2O4S/c1-3-17-8-4-7-11-21(17)30-15-23(27)25-18-13-12-16(2)22(14-18)31(28,29)26-20-10-6-5-9-19(20)24/h4-14,26H,3,15H2,1-2H3,(H,25,27). The summed E-state index contributed by atoms with van der Waals surface area (Å²) in [5.74, 6) is -0.487. The molecule has 0 saturated heterocycles. The number of aryl methyl sites for hydroxylation is 2. The second kappa shape index (κ2) is 9.61. The Morgan fingerprint density at radius 3 is 2.48 bits per heavy atom. The Hall–Kier alpha value is -3.39. The van der Waals surface area contributed by atoms with Crippen LogP contribution < -0.4 is 14.8 Å². The number of hydrogen-bond donors (Lipinski definition) is 2. The van der Waals surface area contributed by atoms with E-state index in [9.17, 15) is 17.6 Å². The third-order valence-corrected chi connectivity index (χ3v) is 6.10. The smallest absolute Gasteiger partial charge is 0.262 e. The predicted molar refractivity (Wildman–Crippen MR) is 118 cm³/mol. The second-order valence-electron chi connectivity index (χ2n) is 6.86. The van der Waals surface area contributed by atoms with E-state index in [0.717, 1.165) is 18.1 Å². The van der Waals surface area contributed by atoms with Gasteiger partial charge in [-0.1, -0.05) is 43.3 Å². The van der Waals surface area contributed by atoms with Crippen molar-refractivity contribution >= 4 is 27.3 Å². The highest BCUT2D eigenvalue weighted by molar-refractivity contribution is 7.92. The van der Waals surface area contributed by atoms with Crippen molar-refractivity contribution in [1.82, 2.24) is 0 Å². The van der Waals surface area contributed by atoms with Gasteiger partial charge in [-0.05, 0) is 54.8 Å². The Balaban J connectivity index is 1.73. The monoisotopic (exact) mass is 442 g/mol. The lowest BCUT2D eigenvalue weighted by Crippen LogP contribution is -2.21. The lowest BCUT2D eigenvalue weighted by Gasteiger charge is -2.14. The van der Waals surface area contributed by atoms with Crippen LogP contribution in [0, 0.1) is 12.7 Å². The maximum absolute atomic E-state index is 13.9. The van der Waals surface area contributed by atoms with Crippen LogP contribution >= 0.6 is 0 Å². The summed E-state index contributed by atoms with van der Waals surface area (Å²) in [7, 11) is -4.06. The Bertz CT molecular complexity index is 1200. The fourth-order valence-corrected chi connectivity index (χ4v) is 4.33. The van der Waals surface area contributed by atoms with E-state index in [1.165, 1.54) is 24.3 Å². The van der Waals surface area contributed by atoms with E-state index in [-0.39, 0.29) is 22.9 Å². The molecule has 0 fully saturated rings. The van der Waals surface area contributed by atoms with Gasteiger partial charge in [0.25, 0.3) is 15.9 Å². The van der Waals surface area contributed by atoms with Gasteiger partial charge in [0.05, 0.1) is 10.6 Å². The average molecular weight is 443 g/mol. The number of ether oxygens (including phenoxy) is 1. The van der Waals surface area contributed by atoms with Crippen molar-refractivity contribution in [2.75, 3.05) is 16.6 Å². The molecule has 0 aliphatic rings. The van der Waals surface area contributed by atoms with E-state index in [4.69, 9.17) is 4.74 Å². The lowest BCUT2D eigenvalue weighted by atomic mass is 10.1. The highest BCUT2D eigenvalue weighted by Crippen LogP contribution is 2.24. The van der Waals surface area contributed by atoms with Gasteiger partial charge in [-0.25, -0.2) is 12.8 Å². The minimum absolute atomic E-state index is 0.0641. The van der Waals surface area contributed by atoms with Gasteiger partial charge in [0, 0.05) is 5.69 Å². The number of hydrogen-bond acceptors (Lipinski definition) is 4. The molecule has 0 unspecified atom stereocenters. The Labute approximate surface area is 181 Å². The van der Waals surface area contributed by atoms with Crippen LogP contribution in [0.25, 0.3) is 0 Å². The molecule has 3 aromatic rings. The second-order valence-corrected chi connectivity index (χ2v) is 8.51. The van der Waals surface area contributed by atoms with E-state index in [1.54, 1.807) is 25.1 Å². The third kappa shape index (κ3) is 5.61. The largest absolute Gasteiger partial charge is 0.483 e. The predicted octanol–water partition coefficient (Wildman–Crippen LogP) is 4.51. The van der Waals surface area contributed by atoms with E-state index < -0.39 is 21.7 Å². The molecule has 31 heavy (non-hydrogen) atoms. The molecular formula is C23H23FN2O4S. The number of benzene rings is 3. The SMILES string of the molecule is CCc1ccccc1OCC(=O)Nc1ccc(C)c(S(=O)(=O)Nc2ccccc2F)c1. The maximum Gasteiger partial charge on any atom is 0.262 e. The van der Waals surface area contributed by atoms with E-state index in [1.807, 2.05) is 25.1 Å². The first-order valence-corrected chi connectivity index (χ1v) is 11.2. The lowest BCUT2D eigenvalue weighted by molar-refractivity contribution is -0.118. The molecule has 0 spiro atoms. The average Bonchev–Trinajstić information content (AvgIpc) is 2.75. The van der Waals surface area contributed by atoms with Crippen LogP contribution in [0.5, 0.6) is 5.75 Å². The molecule has 0 atom stereocenters. The number of sulfonamides is 1. The third-order valence-electron chi connectivity index (χ3n) is 4.59. The number of para-hydroxylation sites is 2. The molecule has 6 nitrogen and oxygen atoms in total. The number of amides is 1. The zero-order valence-corrected chi connectivity index (χ0v) is 18.0. The summed E-state index contributed by atoms with van der Waals surface area (Å²) in [6.07, 6.45) is 0.770. The topological polar surface area (TPSA) is 84.5 Å². The van der Waals surface area contributed by atoms with Crippen molar-refractivity contribution in [2.24, 2.45) is 0 Å². The molecular weight excluding hydrogens is 419 g/mol. The highest BCUT2D eigenvalue weighted by atomic mass is 32.2. The van der Waals surface area contributed by atoms with E-state index in [2.05, 4.69) is 10.0 Å². The first-order chi connectivity index (χ1) is 14.8. The molecule has 3 aromatic carbocycles. The summed E-state index contributed by atoms with van der Waals surface area (Å²) in [5, 5.41) is 2.63. The minimum atomic E-state index is -4.06. The highest BCUT2D eigenvalue weighted by Gasteiger charge is 2.19.